The smallest absolute Gasteiger partial charge is 0.304 e. The van der Waals surface area contributed by atoms with Gasteiger partial charge in [0.05, 0.1) is 5.69 Å². The standard InChI is InChI=1S/C20H25ClN4O4S2/c1-24-8-10-25(11-9-24)31(27,28)29-13-18(26)23-20-22-17-7-3-6-16(19(17)30-20)14-4-2-5-15(21)12-14/h2,4-5,12,16H,3,6-11,13H2,1H3,(H,22,23,26)/t16-/m0/s1. The highest BCUT2D eigenvalue weighted by Crippen LogP contribution is 2.41. The van der Waals surface area contributed by atoms with Crippen LogP contribution in [-0.4, -0.2) is 68.3 Å². The molecular formula is C20H25ClN4O4S2. The molecule has 31 heavy (non-hydrogen) atoms. The normalized spacial score (nSPS) is 20.4. The van der Waals surface area contributed by atoms with E-state index in [-0.39, 0.29) is 5.92 Å². The first kappa shape index (κ1) is 22.6. The molecule has 2 aromatic rings. The lowest BCUT2D eigenvalue weighted by Gasteiger charge is -2.30. The number of nitrogens with zero attached hydrogens (tertiary/aromatic N) is 3. The monoisotopic (exact) mass is 484 g/mol. The van der Waals surface area contributed by atoms with Crippen LogP contribution < -0.4 is 5.32 Å². The highest BCUT2D eigenvalue weighted by Gasteiger charge is 2.29. The minimum Gasteiger partial charge on any atom is -0.304 e. The summed E-state index contributed by atoms with van der Waals surface area (Å²) >= 11 is 7.59. The molecular weight excluding hydrogens is 460 g/mol. The zero-order valence-electron chi connectivity index (χ0n) is 17.2. The molecule has 4 rings (SSSR count). The van der Waals surface area contributed by atoms with Crippen molar-refractivity contribution in [1.29, 1.82) is 0 Å². The Morgan fingerprint density at radius 3 is 2.84 bits per heavy atom. The Hall–Kier alpha value is -1.56. The SMILES string of the molecule is CN1CCN(S(=O)(=O)OCC(=O)Nc2nc3c(s2)[C@H](c2cccc(Cl)c2)CCC3)CC1. The molecule has 1 saturated heterocycles. The summed E-state index contributed by atoms with van der Waals surface area (Å²) in [6.07, 6.45) is 2.86. The maximum Gasteiger partial charge on any atom is 0.338 e. The zero-order valence-corrected chi connectivity index (χ0v) is 19.6. The van der Waals surface area contributed by atoms with E-state index in [4.69, 9.17) is 15.8 Å². The van der Waals surface area contributed by atoms with Gasteiger partial charge in [0.25, 0.3) is 5.91 Å². The van der Waals surface area contributed by atoms with Crippen LogP contribution in [0.15, 0.2) is 24.3 Å². The Morgan fingerprint density at radius 1 is 1.32 bits per heavy atom. The number of carbonyl (C=O) groups excluding carboxylic acids is 1. The van der Waals surface area contributed by atoms with Gasteiger partial charge in [0.2, 0.25) is 0 Å². The molecule has 11 heteroatoms. The molecule has 1 aromatic carbocycles. The van der Waals surface area contributed by atoms with E-state index in [2.05, 4.69) is 16.4 Å². The van der Waals surface area contributed by atoms with Crippen molar-refractivity contribution in [3.63, 3.8) is 0 Å². The molecule has 1 aliphatic carbocycles. The molecule has 0 bridgehead atoms. The molecule has 0 unspecified atom stereocenters. The van der Waals surface area contributed by atoms with Crippen LogP contribution in [0.4, 0.5) is 5.13 Å². The summed E-state index contributed by atoms with van der Waals surface area (Å²) in [6.45, 7) is 1.40. The fourth-order valence-electron chi connectivity index (χ4n) is 3.88. The zero-order chi connectivity index (χ0) is 22.0. The number of hydrogen-bond acceptors (Lipinski definition) is 7. The quantitative estimate of drug-likeness (QED) is 0.677. The number of likely N-dealkylation sites (N-methyl/N-ethyl adjacent to an activating group) is 1. The average molecular weight is 485 g/mol. The van der Waals surface area contributed by atoms with Crippen LogP contribution in [0.2, 0.25) is 5.02 Å². The van der Waals surface area contributed by atoms with Gasteiger partial charge in [-0.2, -0.15) is 12.7 Å². The summed E-state index contributed by atoms with van der Waals surface area (Å²) in [4.78, 5) is 20.1. The van der Waals surface area contributed by atoms with E-state index >= 15 is 0 Å². The van der Waals surface area contributed by atoms with Gasteiger partial charge in [-0.1, -0.05) is 23.7 Å². The van der Waals surface area contributed by atoms with Gasteiger partial charge in [0.1, 0.15) is 6.61 Å². The Morgan fingerprint density at radius 2 is 2.10 bits per heavy atom. The maximum absolute atomic E-state index is 12.3. The number of hydrogen-bond donors (Lipinski definition) is 1. The van der Waals surface area contributed by atoms with Gasteiger partial charge in [-0.15, -0.1) is 11.3 Å². The van der Waals surface area contributed by atoms with Gasteiger partial charge in [0.15, 0.2) is 5.13 Å². The van der Waals surface area contributed by atoms with Gasteiger partial charge < -0.3 is 4.90 Å². The number of halogens is 1. The largest absolute Gasteiger partial charge is 0.338 e. The van der Waals surface area contributed by atoms with E-state index in [0.717, 1.165) is 35.4 Å². The summed E-state index contributed by atoms with van der Waals surface area (Å²) in [5, 5.41) is 3.85. The number of nitrogens with one attached hydrogen (secondary N) is 1. The molecule has 0 radical (unpaired) electrons. The van der Waals surface area contributed by atoms with Crippen LogP contribution in [0.1, 0.15) is 34.9 Å². The van der Waals surface area contributed by atoms with Crippen molar-refractivity contribution in [3.05, 3.63) is 45.4 Å². The van der Waals surface area contributed by atoms with Crippen molar-refractivity contribution < 1.29 is 17.4 Å². The molecule has 1 aromatic heterocycles. The average Bonchev–Trinajstić information content (AvgIpc) is 3.15. The van der Waals surface area contributed by atoms with E-state index in [1.165, 1.54) is 15.6 Å². The third-order valence-corrected chi connectivity index (χ3v) is 8.34. The molecule has 1 fully saturated rings. The second-order valence-corrected chi connectivity index (χ2v) is 10.9. The van der Waals surface area contributed by atoms with E-state index < -0.39 is 22.8 Å². The molecule has 0 spiro atoms. The lowest BCUT2D eigenvalue weighted by Crippen LogP contribution is -2.47. The molecule has 2 aliphatic rings. The van der Waals surface area contributed by atoms with Gasteiger partial charge in [-0.05, 0) is 44.0 Å². The second kappa shape index (κ2) is 9.51. The predicted octanol–water partition coefficient (Wildman–Crippen LogP) is 2.71. The molecule has 1 aliphatic heterocycles. The molecule has 1 amide bonds. The Balaban J connectivity index is 1.38. The van der Waals surface area contributed by atoms with Crippen LogP contribution >= 0.6 is 22.9 Å². The van der Waals surface area contributed by atoms with Gasteiger partial charge >= 0.3 is 10.3 Å². The van der Waals surface area contributed by atoms with Gasteiger partial charge in [0, 0.05) is 42.0 Å². The third kappa shape index (κ3) is 5.44. The molecule has 1 atom stereocenters. The molecule has 168 valence electrons. The first-order valence-electron chi connectivity index (χ1n) is 10.2. The Labute approximate surface area is 191 Å². The van der Waals surface area contributed by atoms with Gasteiger partial charge in [-0.3, -0.25) is 10.1 Å². The number of fused-ring (bicyclic) bond motifs is 1. The Bertz CT molecular complexity index is 1050. The van der Waals surface area contributed by atoms with Crippen LogP contribution in [0.3, 0.4) is 0 Å². The van der Waals surface area contributed by atoms with Crippen LogP contribution in [-0.2, 0) is 25.7 Å². The van der Waals surface area contributed by atoms with Crippen LogP contribution in [0, 0.1) is 0 Å². The summed E-state index contributed by atoms with van der Waals surface area (Å²) in [6, 6.07) is 7.81. The van der Waals surface area contributed by atoms with Crippen molar-refractivity contribution >= 4 is 44.3 Å². The van der Waals surface area contributed by atoms with Crippen molar-refractivity contribution in [2.75, 3.05) is 45.2 Å². The highest BCUT2D eigenvalue weighted by molar-refractivity contribution is 7.84. The first-order valence-corrected chi connectivity index (χ1v) is 12.8. The highest BCUT2D eigenvalue weighted by atomic mass is 35.5. The number of thiazole rings is 1. The number of rotatable bonds is 6. The van der Waals surface area contributed by atoms with Gasteiger partial charge in [-0.25, -0.2) is 9.17 Å². The van der Waals surface area contributed by atoms with E-state index in [1.54, 1.807) is 0 Å². The topological polar surface area (TPSA) is 91.8 Å². The lowest BCUT2D eigenvalue weighted by atomic mass is 9.86. The van der Waals surface area contributed by atoms with E-state index in [1.807, 2.05) is 30.1 Å². The fourth-order valence-corrected chi connectivity index (χ4v) is 6.29. The summed E-state index contributed by atoms with van der Waals surface area (Å²) in [7, 11) is -2.00. The number of carbonyl (C=O) groups is 1. The van der Waals surface area contributed by atoms with Crippen molar-refractivity contribution in [3.8, 4) is 0 Å². The molecule has 0 saturated carbocycles. The van der Waals surface area contributed by atoms with Crippen LogP contribution in [0.25, 0.3) is 0 Å². The fraction of sp³-hybridized carbons (Fsp3) is 0.500. The maximum atomic E-state index is 12.3. The van der Waals surface area contributed by atoms with Crippen molar-refractivity contribution in [2.24, 2.45) is 0 Å². The van der Waals surface area contributed by atoms with E-state index in [9.17, 15) is 13.2 Å². The molecule has 8 nitrogen and oxygen atoms in total. The number of aryl methyl sites for hydroxylation is 1. The van der Waals surface area contributed by atoms with Crippen LogP contribution in [0.5, 0.6) is 0 Å². The predicted molar refractivity (Wildman–Crippen MR) is 121 cm³/mol. The summed E-state index contributed by atoms with van der Waals surface area (Å²) in [5.41, 5.74) is 2.11. The summed E-state index contributed by atoms with van der Waals surface area (Å²) < 4.78 is 30.9. The Kier molecular flexibility index (Phi) is 6.95. The number of benzene rings is 1. The minimum atomic E-state index is -3.93. The number of amides is 1. The number of piperazine rings is 1. The lowest BCUT2D eigenvalue weighted by molar-refractivity contribution is -0.118. The number of anilines is 1. The van der Waals surface area contributed by atoms with Crippen molar-refractivity contribution in [1.82, 2.24) is 14.2 Å². The first-order chi connectivity index (χ1) is 14.8. The number of aromatic nitrogens is 1. The minimum absolute atomic E-state index is 0.194. The molecule has 1 N–H and O–H groups in total. The van der Waals surface area contributed by atoms with E-state index in [0.29, 0.717) is 36.3 Å². The second-order valence-electron chi connectivity index (χ2n) is 7.80. The molecule has 2 heterocycles. The third-order valence-electron chi connectivity index (χ3n) is 5.57. The summed E-state index contributed by atoms with van der Waals surface area (Å²) in [5.74, 6) is -0.345. The van der Waals surface area contributed by atoms with Crippen molar-refractivity contribution in [2.45, 2.75) is 25.2 Å².